The van der Waals surface area contributed by atoms with Gasteiger partial charge in [0.25, 0.3) is 5.91 Å². The van der Waals surface area contributed by atoms with Gasteiger partial charge in [0.1, 0.15) is 19.5 Å². The summed E-state index contributed by atoms with van der Waals surface area (Å²) in [4.78, 5) is 16.8. The molecule has 0 aromatic heterocycles. The first kappa shape index (κ1) is 17.8. The van der Waals surface area contributed by atoms with Gasteiger partial charge >= 0.3 is 0 Å². The van der Waals surface area contributed by atoms with E-state index < -0.39 is 0 Å². The van der Waals surface area contributed by atoms with Gasteiger partial charge in [-0.2, -0.15) is 0 Å². The zero-order valence-electron chi connectivity index (χ0n) is 13.8. The van der Waals surface area contributed by atoms with Gasteiger partial charge in [0, 0.05) is 17.6 Å². The van der Waals surface area contributed by atoms with Crippen molar-refractivity contribution in [2.75, 3.05) is 14.2 Å². The van der Waals surface area contributed by atoms with Crippen molar-refractivity contribution in [3.8, 4) is 5.75 Å². The van der Waals surface area contributed by atoms with Gasteiger partial charge in [0.05, 0.1) is 0 Å². The molecule has 2 aromatic carbocycles. The molecule has 2 aromatic rings. The Morgan fingerprint density at radius 1 is 1.25 bits per heavy atom. The summed E-state index contributed by atoms with van der Waals surface area (Å²) in [5.74, 6) is 0.336. The molecule has 0 fully saturated rings. The molecular formula is C18H19ClN2O3. The minimum atomic E-state index is -0.331. The number of likely N-dealkylation sites (N-methyl/N-ethyl adjacent to an activating group) is 1. The normalized spacial score (nSPS) is 11.1. The summed E-state index contributed by atoms with van der Waals surface area (Å²) in [5.41, 5.74) is 2.67. The van der Waals surface area contributed by atoms with Crippen molar-refractivity contribution in [2.24, 2.45) is 5.16 Å². The molecule has 1 amide bonds. The molecule has 24 heavy (non-hydrogen) atoms. The third-order valence-electron chi connectivity index (χ3n) is 3.31. The van der Waals surface area contributed by atoms with Crippen LogP contribution in [-0.2, 0) is 16.2 Å². The van der Waals surface area contributed by atoms with E-state index in [1.165, 1.54) is 7.11 Å². The lowest BCUT2D eigenvalue weighted by molar-refractivity contribution is -0.114. The highest BCUT2D eigenvalue weighted by molar-refractivity contribution is 6.45. The Kier molecular flexibility index (Phi) is 6.21. The van der Waals surface area contributed by atoms with Crippen LogP contribution in [0.4, 0.5) is 0 Å². The lowest BCUT2D eigenvalue weighted by atomic mass is 10.0. The molecule has 0 aliphatic carbocycles. The van der Waals surface area contributed by atoms with E-state index >= 15 is 0 Å². The van der Waals surface area contributed by atoms with E-state index in [9.17, 15) is 4.79 Å². The van der Waals surface area contributed by atoms with Gasteiger partial charge in [0.2, 0.25) is 0 Å². The summed E-state index contributed by atoms with van der Waals surface area (Å²) in [6, 6.07) is 12.9. The summed E-state index contributed by atoms with van der Waals surface area (Å²) in [6.07, 6.45) is 0. The maximum Gasteiger partial charge on any atom is 0.273 e. The lowest BCUT2D eigenvalue weighted by Crippen LogP contribution is -2.29. The zero-order valence-corrected chi connectivity index (χ0v) is 14.6. The van der Waals surface area contributed by atoms with Crippen molar-refractivity contribution >= 4 is 23.2 Å². The Bertz CT molecular complexity index is 739. The number of ether oxygens (including phenoxy) is 1. The average Bonchev–Trinajstić information content (AvgIpc) is 2.57. The predicted molar refractivity (Wildman–Crippen MR) is 94.6 cm³/mol. The molecule has 1 N–H and O–H groups in total. The van der Waals surface area contributed by atoms with Crippen LogP contribution in [0.1, 0.15) is 16.7 Å². The van der Waals surface area contributed by atoms with Crippen molar-refractivity contribution in [2.45, 2.75) is 13.5 Å². The van der Waals surface area contributed by atoms with Gasteiger partial charge in [-0.25, -0.2) is 0 Å². The minimum absolute atomic E-state index is 0.196. The third-order valence-corrected chi connectivity index (χ3v) is 3.53. The minimum Gasteiger partial charge on any atom is -0.489 e. The fourth-order valence-electron chi connectivity index (χ4n) is 2.25. The summed E-state index contributed by atoms with van der Waals surface area (Å²) >= 11 is 6.05. The van der Waals surface area contributed by atoms with Gasteiger partial charge in [-0.05, 0) is 36.2 Å². The highest BCUT2D eigenvalue weighted by atomic mass is 35.5. The van der Waals surface area contributed by atoms with Gasteiger partial charge in [-0.3, -0.25) is 4.79 Å². The molecular weight excluding hydrogens is 328 g/mol. The Balaban J connectivity index is 2.28. The number of nitrogens with zero attached hydrogens (tertiary/aromatic N) is 1. The number of nitrogens with one attached hydrogen (secondary N) is 1. The summed E-state index contributed by atoms with van der Waals surface area (Å²) in [7, 11) is 2.94. The van der Waals surface area contributed by atoms with Crippen LogP contribution >= 0.6 is 11.6 Å². The molecule has 0 saturated heterocycles. The second-order valence-corrected chi connectivity index (χ2v) is 5.55. The monoisotopic (exact) mass is 346 g/mol. The number of amides is 1. The number of oxime groups is 1. The molecule has 0 heterocycles. The SMILES string of the molecule is CNC(=O)C(=NOC)c1ccccc1COc1cc(C)cc(Cl)c1. The summed E-state index contributed by atoms with van der Waals surface area (Å²) in [5, 5.41) is 7.01. The molecule has 0 bridgehead atoms. The molecule has 2 rings (SSSR count). The van der Waals surface area contributed by atoms with Crippen molar-refractivity contribution in [3.63, 3.8) is 0 Å². The molecule has 5 nitrogen and oxygen atoms in total. The third kappa shape index (κ3) is 4.49. The zero-order chi connectivity index (χ0) is 17.5. The Labute approximate surface area is 146 Å². The van der Waals surface area contributed by atoms with E-state index in [1.54, 1.807) is 19.2 Å². The van der Waals surface area contributed by atoms with E-state index in [4.69, 9.17) is 21.2 Å². The second-order valence-electron chi connectivity index (χ2n) is 5.11. The van der Waals surface area contributed by atoms with E-state index in [0.717, 1.165) is 11.1 Å². The van der Waals surface area contributed by atoms with E-state index in [0.29, 0.717) is 16.3 Å². The molecule has 0 aliphatic heterocycles. The van der Waals surface area contributed by atoms with E-state index in [2.05, 4.69) is 10.5 Å². The van der Waals surface area contributed by atoms with Gasteiger partial charge in [-0.1, -0.05) is 41.0 Å². The molecule has 0 spiro atoms. The van der Waals surface area contributed by atoms with Crippen LogP contribution < -0.4 is 10.1 Å². The first-order valence-corrected chi connectivity index (χ1v) is 7.74. The number of carbonyl (C=O) groups excluding carboxylic acids is 1. The van der Waals surface area contributed by atoms with Crippen molar-refractivity contribution in [1.29, 1.82) is 0 Å². The fourth-order valence-corrected chi connectivity index (χ4v) is 2.53. The summed E-state index contributed by atoms with van der Waals surface area (Å²) < 4.78 is 5.82. The van der Waals surface area contributed by atoms with E-state index in [-0.39, 0.29) is 18.2 Å². The quantitative estimate of drug-likeness (QED) is 0.644. The lowest BCUT2D eigenvalue weighted by Gasteiger charge is -2.12. The number of rotatable bonds is 6. The maximum absolute atomic E-state index is 12.0. The van der Waals surface area contributed by atoms with E-state index in [1.807, 2.05) is 37.3 Å². The Morgan fingerprint density at radius 3 is 2.67 bits per heavy atom. The van der Waals surface area contributed by atoms with Crippen molar-refractivity contribution < 1.29 is 14.4 Å². The molecule has 0 unspecified atom stereocenters. The highest BCUT2D eigenvalue weighted by Gasteiger charge is 2.17. The Hall–Kier alpha value is -2.53. The number of benzene rings is 2. The standard InChI is InChI=1S/C18H19ClN2O3/c1-12-8-14(19)10-15(9-12)24-11-13-6-4-5-7-16(13)17(21-23-3)18(22)20-2/h4-10H,11H2,1-3H3,(H,20,22). The smallest absolute Gasteiger partial charge is 0.273 e. The molecule has 126 valence electrons. The molecule has 6 heteroatoms. The predicted octanol–water partition coefficient (Wildman–Crippen LogP) is 3.32. The van der Waals surface area contributed by atoms with Crippen LogP contribution in [0.25, 0.3) is 0 Å². The first-order valence-electron chi connectivity index (χ1n) is 7.36. The number of hydrogen-bond acceptors (Lipinski definition) is 4. The van der Waals surface area contributed by atoms with Crippen molar-refractivity contribution in [1.82, 2.24) is 5.32 Å². The van der Waals surface area contributed by atoms with Crippen LogP contribution in [0.15, 0.2) is 47.6 Å². The molecule has 0 aliphatic rings. The number of aryl methyl sites for hydroxylation is 1. The van der Waals surface area contributed by atoms with Crippen LogP contribution in [0, 0.1) is 6.92 Å². The maximum atomic E-state index is 12.0. The highest BCUT2D eigenvalue weighted by Crippen LogP contribution is 2.22. The molecule has 0 radical (unpaired) electrons. The van der Waals surface area contributed by atoms with Gasteiger partial charge < -0.3 is 14.9 Å². The van der Waals surface area contributed by atoms with Gasteiger partial charge in [-0.15, -0.1) is 0 Å². The first-order chi connectivity index (χ1) is 11.5. The number of hydrogen-bond donors (Lipinski definition) is 1. The fraction of sp³-hybridized carbons (Fsp3) is 0.222. The van der Waals surface area contributed by atoms with Crippen molar-refractivity contribution in [3.05, 3.63) is 64.2 Å². The topological polar surface area (TPSA) is 59.9 Å². The largest absolute Gasteiger partial charge is 0.489 e. The van der Waals surface area contributed by atoms with Crippen LogP contribution in [-0.4, -0.2) is 25.8 Å². The average molecular weight is 347 g/mol. The molecule has 0 saturated carbocycles. The number of halogens is 1. The van der Waals surface area contributed by atoms with Gasteiger partial charge in [0.15, 0.2) is 5.71 Å². The van der Waals surface area contributed by atoms with Crippen LogP contribution in [0.2, 0.25) is 5.02 Å². The number of carbonyl (C=O) groups is 1. The Morgan fingerprint density at radius 2 is 2.00 bits per heavy atom. The van der Waals surface area contributed by atoms with Crippen LogP contribution in [0.3, 0.4) is 0 Å². The summed E-state index contributed by atoms with van der Waals surface area (Å²) in [6.45, 7) is 2.22. The molecule has 0 atom stereocenters. The van der Waals surface area contributed by atoms with Crippen LogP contribution in [0.5, 0.6) is 5.75 Å². The second kappa shape index (κ2) is 8.36.